The van der Waals surface area contributed by atoms with Crippen molar-refractivity contribution in [2.24, 2.45) is 0 Å². The first kappa shape index (κ1) is 18.2. The van der Waals surface area contributed by atoms with Gasteiger partial charge >= 0.3 is 10.1 Å². The second-order valence-electron chi connectivity index (χ2n) is 5.38. The Balaban J connectivity index is 1.82. The fourth-order valence-corrected chi connectivity index (χ4v) is 3.60. The van der Waals surface area contributed by atoms with E-state index in [1.807, 2.05) is 19.2 Å². The third kappa shape index (κ3) is 4.53. The van der Waals surface area contributed by atoms with Crippen LogP contribution >= 0.6 is 11.8 Å². The summed E-state index contributed by atoms with van der Waals surface area (Å²) in [6, 6.07) is 16.5. The van der Waals surface area contributed by atoms with Gasteiger partial charge in [-0.05, 0) is 37.4 Å². The van der Waals surface area contributed by atoms with Crippen LogP contribution in [0.5, 0.6) is 5.75 Å². The lowest BCUT2D eigenvalue weighted by Gasteiger charge is -2.10. The van der Waals surface area contributed by atoms with Gasteiger partial charge in [-0.15, -0.1) is 0 Å². The molecule has 0 aliphatic heterocycles. The van der Waals surface area contributed by atoms with E-state index in [-0.39, 0.29) is 10.6 Å². The molecule has 3 aromatic rings. The molecule has 6 nitrogen and oxygen atoms in total. The Morgan fingerprint density at radius 2 is 1.77 bits per heavy atom. The molecule has 1 aromatic heterocycles. The van der Waals surface area contributed by atoms with Crippen LogP contribution in [0.4, 0.5) is 11.5 Å². The summed E-state index contributed by atoms with van der Waals surface area (Å²) in [4.78, 5) is 8.79. The summed E-state index contributed by atoms with van der Waals surface area (Å²) in [5, 5.41) is 3.80. The van der Waals surface area contributed by atoms with E-state index in [0.29, 0.717) is 16.7 Å². The highest BCUT2D eigenvalue weighted by Gasteiger charge is 2.16. The van der Waals surface area contributed by atoms with Gasteiger partial charge in [0.05, 0.1) is 0 Å². The van der Waals surface area contributed by atoms with E-state index in [4.69, 9.17) is 4.18 Å². The molecule has 0 amide bonds. The molecule has 3 rings (SSSR count). The van der Waals surface area contributed by atoms with Gasteiger partial charge < -0.3 is 9.50 Å². The Kier molecular flexibility index (Phi) is 5.43. The molecule has 0 atom stereocenters. The predicted molar refractivity (Wildman–Crippen MR) is 103 cm³/mol. The normalized spacial score (nSPS) is 11.2. The highest BCUT2D eigenvalue weighted by atomic mass is 32.2. The SMILES string of the molecule is CSc1nc(C)cc(Nc2cccc(OS(=O)(=O)c3ccccc3)c2)n1. The van der Waals surface area contributed by atoms with Gasteiger partial charge in [0.15, 0.2) is 5.16 Å². The lowest BCUT2D eigenvalue weighted by molar-refractivity contribution is 0.486. The van der Waals surface area contributed by atoms with E-state index in [2.05, 4.69) is 15.3 Å². The fourth-order valence-electron chi connectivity index (χ4n) is 2.23. The molecule has 0 fully saturated rings. The second kappa shape index (κ2) is 7.76. The molecule has 0 radical (unpaired) electrons. The van der Waals surface area contributed by atoms with Gasteiger partial charge in [0.25, 0.3) is 0 Å². The molecule has 1 heterocycles. The lowest BCUT2D eigenvalue weighted by atomic mass is 10.3. The molecule has 0 bridgehead atoms. The van der Waals surface area contributed by atoms with Gasteiger partial charge in [0, 0.05) is 23.5 Å². The third-order valence-corrected chi connectivity index (χ3v) is 5.17. The molecule has 0 aliphatic rings. The molecule has 0 spiro atoms. The third-order valence-electron chi connectivity index (χ3n) is 3.36. The van der Waals surface area contributed by atoms with Crippen molar-refractivity contribution in [2.75, 3.05) is 11.6 Å². The number of benzene rings is 2. The highest BCUT2D eigenvalue weighted by Crippen LogP contribution is 2.24. The standard InChI is InChI=1S/C18H17N3O3S2/c1-13-11-17(21-18(19-13)25-2)20-14-7-6-8-15(12-14)24-26(22,23)16-9-4-3-5-10-16/h3-12H,1-2H3,(H,19,20,21). The maximum absolute atomic E-state index is 12.3. The van der Waals surface area contributed by atoms with Gasteiger partial charge in [-0.3, -0.25) is 0 Å². The van der Waals surface area contributed by atoms with Crippen molar-refractivity contribution in [2.45, 2.75) is 17.0 Å². The molecule has 0 aliphatic carbocycles. The minimum atomic E-state index is -3.88. The molecule has 8 heteroatoms. The van der Waals surface area contributed by atoms with Gasteiger partial charge in [-0.2, -0.15) is 8.42 Å². The summed E-state index contributed by atoms with van der Waals surface area (Å²) in [6.45, 7) is 1.89. The molecule has 0 saturated heterocycles. The molecule has 2 aromatic carbocycles. The van der Waals surface area contributed by atoms with Crippen LogP contribution < -0.4 is 9.50 Å². The average Bonchev–Trinajstić information content (AvgIpc) is 2.62. The summed E-state index contributed by atoms with van der Waals surface area (Å²) in [5.41, 5.74) is 1.50. The molecule has 0 saturated carbocycles. The van der Waals surface area contributed by atoms with Gasteiger partial charge in [0.2, 0.25) is 0 Å². The van der Waals surface area contributed by atoms with Crippen molar-refractivity contribution < 1.29 is 12.6 Å². The lowest BCUT2D eigenvalue weighted by Crippen LogP contribution is -2.09. The number of nitrogens with one attached hydrogen (secondary N) is 1. The number of aromatic nitrogens is 2. The fraction of sp³-hybridized carbons (Fsp3) is 0.111. The van der Waals surface area contributed by atoms with Crippen LogP contribution in [-0.2, 0) is 10.1 Å². The van der Waals surface area contributed by atoms with E-state index in [1.165, 1.54) is 23.9 Å². The molecule has 134 valence electrons. The van der Waals surface area contributed by atoms with Crippen molar-refractivity contribution >= 4 is 33.4 Å². The summed E-state index contributed by atoms with van der Waals surface area (Å²) < 4.78 is 29.9. The minimum Gasteiger partial charge on any atom is -0.379 e. The van der Waals surface area contributed by atoms with Crippen molar-refractivity contribution in [1.29, 1.82) is 0 Å². The number of anilines is 2. The molecule has 0 unspecified atom stereocenters. The van der Waals surface area contributed by atoms with Crippen LogP contribution in [0.3, 0.4) is 0 Å². The quantitative estimate of drug-likeness (QED) is 0.389. The number of thioether (sulfide) groups is 1. The summed E-state index contributed by atoms with van der Waals surface area (Å²) in [7, 11) is -3.88. The molecule has 26 heavy (non-hydrogen) atoms. The molecular weight excluding hydrogens is 370 g/mol. The summed E-state index contributed by atoms with van der Waals surface area (Å²) in [5.74, 6) is 0.847. The van der Waals surface area contributed by atoms with Gasteiger partial charge in [0.1, 0.15) is 16.5 Å². The Bertz CT molecular complexity index is 1010. The van der Waals surface area contributed by atoms with Crippen LogP contribution in [-0.4, -0.2) is 24.6 Å². The number of aryl methyl sites for hydroxylation is 1. The highest BCUT2D eigenvalue weighted by molar-refractivity contribution is 7.98. The summed E-state index contributed by atoms with van der Waals surface area (Å²) >= 11 is 1.45. The zero-order chi connectivity index (χ0) is 18.6. The smallest absolute Gasteiger partial charge is 0.339 e. The van der Waals surface area contributed by atoms with Crippen LogP contribution in [0.15, 0.2) is 70.7 Å². The zero-order valence-electron chi connectivity index (χ0n) is 14.2. The summed E-state index contributed by atoms with van der Waals surface area (Å²) in [6.07, 6.45) is 1.90. The van der Waals surface area contributed by atoms with E-state index < -0.39 is 10.1 Å². The Hall–Kier alpha value is -2.58. The topological polar surface area (TPSA) is 81.2 Å². The number of hydrogen-bond acceptors (Lipinski definition) is 7. The molecular formula is C18H17N3O3S2. The van der Waals surface area contributed by atoms with Crippen LogP contribution in [0.25, 0.3) is 0 Å². The minimum absolute atomic E-state index is 0.106. The Morgan fingerprint density at radius 1 is 1.00 bits per heavy atom. The van der Waals surface area contributed by atoms with E-state index in [1.54, 1.807) is 42.5 Å². The first-order valence-corrected chi connectivity index (χ1v) is 10.4. The molecule has 1 N–H and O–H groups in total. The van der Waals surface area contributed by atoms with Crippen LogP contribution in [0, 0.1) is 6.92 Å². The largest absolute Gasteiger partial charge is 0.379 e. The van der Waals surface area contributed by atoms with Crippen molar-refractivity contribution in [3.05, 3.63) is 66.4 Å². The first-order valence-electron chi connectivity index (χ1n) is 7.72. The Labute approximate surface area is 156 Å². The maximum atomic E-state index is 12.3. The number of nitrogens with zero attached hydrogens (tertiary/aromatic N) is 2. The maximum Gasteiger partial charge on any atom is 0.339 e. The van der Waals surface area contributed by atoms with Gasteiger partial charge in [-0.1, -0.05) is 36.0 Å². The Morgan fingerprint density at radius 3 is 2.50 bits per heavy atom. The average molecular weight is 387 g/mol. The van der Waals surface area contributed by atoms with Crippen molar-refractivity contribution in [1.82, 2.24) is 9.97 Å². The predicted octanol–water partition coefficient (Wildman–Crippen LogP) is 4.02. The van der Waals surface area contributed by atoms with E-state index >= 15 is 0 Å². The van der Waals surface area contributed by atoms with Crippen molar-refractivity contribution in [3.8, 4) is 5.75 Å². The monoisotopic (exact) mass is 387 g/mol. The zero-order valence-corrected chi connectivity index (χ0v) is 15.8. The van der Waals surface area contributed by atoms with Gasteiger partial charge in [-0.25, -0.2) is 9.97 Å². The number of hydrogen-bond donors (Lipinski definition) is 1. The second-order valence-corrected chi connectivity index (χ2v) is 7.70. The van der Waals surface area contributed by atoms with Crippen molar-refractivity contribution in [3.63, 3.8) is 0 Å². The first-order chi connectivity index (χ1) is 12.5. The van der Waals surface area contributed by atoms with Crippen LogP contribution in [0.2, 0.25) is 0 Å². The van der Waals surface area contributed by atoms with Crippen LogP contribution in [0.1, 0.15) is 5.69 Å². The number of rotatable bonds is 6. The van der Waals surface area contributed by atoms with E-state index in [9.17, 15) is 8.42 Å². The van der Waals surface area contributed by atoms with E-state index in [0.717, 1.165) is 5.69 Å².